The number of amides is 1. The summed E-state index contributed by atoms with van der Waals surface area (Å²) in [5.41, 5.74) is 5.98. The zero-order chi connectivity index (χ0) is 11.4. The van der Waals surface area contributed by atoms with Crippen molar-refractivity contribution in [3.05, 3.63) is 30.2 Å². The number of carbonyl (C=O) groups excluding carboxylic acids is 1. The van der Waals surface area contributed by atoms with Crippen molar-refractivity contribution in [3.8, 4) is 0 Å². The van der Waals surface area contributed by atoms with Crippen molar-refractivity contribution in [2.45, 2.75) is 6.42 Å². The highest BCUT2D eigenvalue weighted by Gasteiger charge is 2.04. The van der Waals surface area contributed by atoms with E-state index in [1.54, 1.807) is 0 Å². The molecule has 0 atom stereocenters. The highest BCUT2D eigenvalue weighted by molar-refractivity contribution is 5.77. The maximum absolute atomic E-state index is 10.9. The van der Waals surface area contributed by atoms with Crippen LogP contribution in [0.3, 0.4) is 0 Å². The molecule has 6 nitrogen and oxygen atoms in total. The third-order valence-corrected chi connectivity index (χ3v) is 2.24. The Morgan fingerprint density at radius 1 is 1.44 bits per heavy atom. The van der Waals surface area contributed by atoms with Crippen LogP contribution in [0.1, 0.15) is 5.82 Å². The lowest BCUT2D eigenvalue weighted by atomic mass is 10.4. The van der Waals surface area contributed by atoms with E-state index in [1.165, 1.54) is 0 Å². The molecule has 0 saturated heterocycles. The molecule has 3 N–H and O–H groups in total. The number of hydrogen-bond donors (Lipinski definition) is 2. The van der Waals surface area contributed by atoms with Gasteiger partial charge in [0.1, 0.15) is 5.82 Å². The molecule has 84 valence electrons. The van der Waals surface area contributed by atoms with Crippen LogP contribution in [0.2, 0.25) is 0 Å². The number of nitrogens with one attached hydrogen (secondary N) is 1. The molecule has 0 fully saturated rings. The van der Waals surface area contributed by atoms with Crippen LogP contribution in [0.25, 0.3) is 5.65 Å². The average Bonchev–Trinajstić information content (AvgIpc) is 2.73. The lowest BCUT2D eigenvalue weighted by molar-refractivity contribution is -0.119. The predicted molar refractivity (Wildman–Crippen MR) is 58.8 cm³/mol. The van der Waals surface area contributed by atoms with Crippen LogP contribution in [0.15, 0.2) is 24.4 Å². The molecular formula is C10H13N5O. The Balaban J connectivity index is 2.02. The van der Waals surface area contributed by atoms with Gasteiger partial charge in [-0.1, -0.05) is 6.07 Å². The van der Waals surface area contributed by atoms with Gasteiger partial charge in [0, 0.05) is 19.2 Å². The third kappa shape index (κ3) is 2.17. The van der Waals surface area contributed by atoms with Crippen LogP contribution < -0.4 is 11.1 Å². The van der Waals surface area contributed by atoms with Crippen molar-refractivity contribution in [3.63, 3.8) is 0 Å². The Bertz CT molecular complexity index is 493. The lowest BCUT2D eigenvalue weighted by Gasteiger charge is -2.02. The summed E-state index contributed by atoms with van der Waals surface area (Å²) >= 11 is 0. The minimum Gasteiger partial charge on any atom is -0.355 e. The molecule has 2 heterocycles. The molecule has 0 aromatic carbocycles. The summed E-state index contributed by atoms with van der Waals surface area (Å²) in [5, 5.41) is 10.8. The van der Waals surface area contributed by atoms with Gasteiger partial charge in [0.2, 0.25) is 5.91 Å². The van der Waals surface area contributed by atoms with Crippen molar-refractivity contribution in [2.75, 3.05) is 13.1 Å². The second-order valence-corrected chi connectivity index (χ2v) is 3.35. The summed E-state index contributed by atoms with van der Waals surface area (Å²) in [6.07, 6.45) is 2.53. The molecule has 0 aliphatic heterocycles. The maximum Gasteiger partial charge on any atom is 0.233 e. The number of hydrogen-bond acceptors (Lipinski definition) is 4. The van der Waals surface area contributed by atoms with Crippen LogP contribution in [-0.4, -0.2) is 33.6 Å². The van der Waals surface area contributed by atoms with Gasteiger partial charge in [-0.25, -0.2) is 0 Å². The Hall–Kier alpha value is -1.95. The number of fused-ring (bicyclic) bond motifs is 1. The zero-order valence-electron chi connectivity index (χ0n) is 8.76. The van der Waals surface area contributed by atoms with Crippen LogP contribution >= 0.6 is 0 Å². The van der Waals surface area contributed by atoms with Gasteiger partial charge in [0.15, 0.2) is 5.65 Å². The Morgan fingerprint density at radius 2 is 2.31 bits per heavy atom. The molecule has 0 saturated carbocycles. The molecule has 0 aliphatic rings. The number of pyridine rings is 1. The average molecular weight is 219 g/mol. The molecule has 0 unspecified atom stereocenters. The molecule has 2 aromatic rings. The van der Waals surface area contributed by atoms with Crippen LogP contribution in [0.5, 0.6) is 0 Å². The number of carbonyl (C=O) groups is 1. The Morgan fingerprint density at radius 3 is 3.12 bits per heavy atom. The third-order valence-electron chi connectivity index (χ3n) is 2.24. The van der Waals surface area contributed by atoms with Crippen LogP contribution in [0.4, 0.5) is 0 Å². The summed E-state index contributed by atoms with van der Waals surface area (Å²) in [5.74, 6) is 0.668. The summed E-state index contributed by atoms with van der Waals surface area (Å²) in [7, 11) is 0. The molecule has 2 aromatic heterocycles. The van der Waals surface area contributed by atoms with Crippen molar-refractivity contribution in [1.29, 1.82) is 0 Å². The van der Waals surface area contributed by atoms with Gasteiger partial charge in [-0.15, -0.1) is 10.2 Å². The molecule has 0 aliphatic carbocycles. The maximum atomic E-state index is 10.9. The van der Waals surface area contributed by atoms with E-state index in [4.69, 9.17) is 5.73 Å². The first-order valence-corrected chi connectivity index (χ1v) is 5.06. The fraction of sp³-hybridized carbons (Fsp3) is 0.300. The quantitative estimate of drug-likeness (QED) is 0.715. The van der Waals surface area contributed by atoms with Crippen molar-refractivity contribution >= 4 is 11.6 Å². The summed E-state index contributed by atoms with van der Waals surface area (Å²) < 4.78 is 1.90. The van der Waals surface area contributed by atoms with E-state index in [0.717, 1.165) is 11.5 Å². The van der Waals surface area contributed by atoms with E-state index in [2.05, 4.69) is 15.5 Å². The van der Waals surface area contributed by atoms with E-state index < -0.39 is 0 Å². The molecular weight excluding hydrogens is 206 g/mol. The standard InChI is InChI=1S/C10H13N5O/c11-7-10(16)12-5-4-9-14-13-8-3-1-2-6-15(8)9/h1-3,6H,4-5,7,11H2,(H,12,16). The summed E-state index contributed by atoms with van der Waals surface area (Å²) in [4.78, 5) is 10.9. The first-order chi connectivity index (χ1) is 7.81. The Kier molecular flexibility index (Phi) is 3.11. The molecule has 0 spiro atoms. The molecule has 0 radical (unpaired) electrons. The number of nitrogens with two attached hydrogens (primary N) is 1. The fourth-order valence-electron chi connectivity index (χ4n) is 1.45. The molecule has 0 bridgehead atoms. The van der Waals surface area contributed by atoms with Gasteiger partial charge < -0.3 is 11.1 Å². The number of rotatable bonds is 4. The SMILES string of the molecule is NCC(=O)NCCc1nnc2ccccn12. The van der Waals surface area contributed by atoms with Crippen LogP contribution in [0, 0.1) is 0 Å². The first-order valence-electron chi connectivity index (χ1n) is 5.06. The Labute approximate surface area is 92.5 Å². The summed E-state index contributed by atoms with van der Waals surface area (Å²) in [6, 6.07) is 5.71. The lowest BCUT2D eigenvalue weighted by Crippen LogP contribution is -2.32. The van der Waals surface area contributed by atoms with Gasteiger partial charge in [-0.05, 0) is 12.1 Å². The molecule has 16 heavy (non-hydrogen) atoms. The van der Waals surface area contributed by atoms with Gasteiger partial charge in [0.05, 0.1) is 6.54 Å². The largest absolute Gasteiger partial charge is 0.355 e. The normalized spacial score (nSPS) is 10.6. The predicted octanol–water partition coefficient (Wildman–Crippen LogP) is -0.653. The summed E-state index contributed by atoms with van der Waals surface area (Å²) in [6.45, 7) is 0.534. The topological polar surface area (TPSA) is 85.3 Å². The number of nitrogens with zero attached hydrogens (tertiary/aromatic N) is 3. The second-order valence-electron chi connectivity index (χ2n) is 3.35. The van der Waals surface area contributed by atoms with Crippen molar-refractivity contribution in [1.82, 2.24) is 19.9 Å². The fourth-order valence-corrected chi connectivity index (χ4v) is 1.45. The zero-order valence-corrected chi connectivity index (χ0v) is 8.76. The highest BCUT2D eigenvalue weighted by Crippen LogP contribution is 2.02. The highest BCUT2D eigenvalue weighted by atomic mass is 16.1. The monoisotopic (exact) mass is 219 g/mol. The molecule has 6 heteroatoms. The smallest absolute Gasteiger partial charge is 0.233 e. The van der Waals surface area contributed by atoms with Crippen molar-refractivity contribution < 1.29 is 4.79 Å². The van der Waals surface area contributed by atoms with E-state index in [0.29, 0.717) is 13.0 Å². The van der Waals surface area contributed by atoms with Crippen molar-refractivity contribution in [2.24, 2.45) is 5.73 Å². The van der Waals surface area contributed by atoms with E-state index in [1.807, 2.05) is 28.8 Å². The number of aromatic nitrogens is 3. The van der Waals surface area contributed by atoms with E-state index in [-0.39, 0.29) is 12.5 Å². The van der Waals surface area contributed by atoms with Gasteiger partial charge >= 0.3 is 0 Å². The van der Waals surface area contributed by atoms with E-state index >= 15 is 0 Å². The minimum absolute atomic E-state index is 0.0145. The van der Waals surface area contributed by atoms with Gasteiger partial charge in [-0.2, -0.15) is 0 Å². The minimum atomic E-state index is -0.158. The molecule has 2 rings (SSSR count). The van der Waals surface area contributed by atoms with Gasteiger partial charge in [-0.3, -0.25) is 9.20 Å². The first kappa shape index (κ1) is 10.6. The van der Waals surface area contributed by atoms with E-state index in [9.17, 15) is 4.79 Å². The van der Waals surface area contributed by atoms with Crippen LogP contribution in [-0.2, 0) is 11.2 Å². The second kappa shape index (κ2) is 4.71. The molecule has 1 amide bonds. The van der Waals surface area contributed by atoms with Gasteiger partial charge in [0.25, 0.3) is 0 Å².